The van der Waals surface area contributed by atoms with Gasteiger partial charge >= 0.3 is 5.97 Å². The van der Waals surface area contributed by atoms with E-state index >= 15 is 0 Å². The molecule has 1 aromatic carbocycles. The molecule has 9 heteroatoms. The maximum atomic E-state index is 11.4. The van der Waals surface area contributed by atoms with Gasteiger partial charge in [-0.05, 0) is 48.6 Å². The number of benzene rings is 1. The summed E-state index contributed by atoms with van der Waals surface area (Å²) in [6, 6.07) is 16.1. The second kappa shape index (κ2) is 9.92. The Morgan fingerprint density at radius 2 is 1.97 bits per heavy atom. The van der Waals surface area contributed by atoms with Crippen LogP contribution in [0.15, 0.2) is 65.2 Å². The molecule has 2 atom stereocenters. The fourth-order valence-corrected chi connectivity index (χ4v) is 4.83. The normalized spacial score (nSPS) is 20.9. The molecule has 0 radical (unpaired) electrons. The number of morpholine rings is 1. The van der Waals surface area contributed by atoms with E-state index in [0.29, 0.717) is 16.4 Å². The number of thiocarbonyl (C=S) groups is 1. The number of ether oxygens (including phenoxy) is 1. The summed E-state index contributed by atoms with van der Waals surface area (Å²) in [6.07, 6.45) is 1.78. The van der Waals surface area contributed by atoms with Gasteiger partial charge in [-0.2, -0.15) is 0 Å². The summed E-state index contributed by atoms with van der Waals surface area (Å²) in [5.74, 6) is 0.396. The molecule has 0 amide bonds. The summed E-state index contributed by atoms with van der Waals surface area (Å²) >= 11 is 5.74. The van der Waals surface area contributed by atoms with Crippen LogP contribution < -0.4 is 5.32 Å². The van der Waals surface area contributed by atoms with Gasteiger partial charge in [-0.1, -0.05) is 18.2 Å². The van der Waals surface area contributed by atoms with Gasteiger partial charge in [-0.25, -0.2) is 4.79 Å². The topological polar surface area (TPSA) is 91.1 Å². The number of furan rings is 1. The second-order valence-electron chi connectivity index (χ2n) is 8.36. The van der Waals surface area contributed by atoms with Gasteiger partial charge < -0.3 is 24.5 Å². The van der Waals surface area contributed by atoms with Crippen LogP contribution in [0.5, 0.6) is 0 Å². The first-order valence-corrected chi connectivity index (χ1v) is 11.7. The summed E-state index contributed by atoms with van der Waals surface area (Å²) in [6.45, 7) is 4.93. The average molecular weight is 479 g/mol. The van der Waals surface area contributed by atoms with Gasteiger partial charge in [0.05, 0.1) is 30.5 Å². The minimum atomic E-state index is -0.969. The molecule has 0 saturated carbocycles. The van der Waals surface area contributed by atoms with Gasteiger partial charge in [-0.15, -0.1) is 0 Å². The Morgan fingerprint density at radius 3 is 2.74 bits per heavy atom. The number of carboxylic acid groups (broad SMARTS) is 1. The lowest BCUT2D eigenvalue weighted by molar-refractivity contribution is 0.0347. The number of aromatic carboxylic acids is 1. The molecular formula is C25H26N4O4S. The fourth-order valence-electron chi connectivity index (χ4n) is 4.50. The molecule has 34 heavy (non-hydrogen) atoms. The first kappa shape index (κ1) is 22.5. The molecule has 2 saturated heterocycles. The Labute approximate surface area is 203 Å². The molecule has 0 bridgehead atoms. The Bertz CT molecular complexity index is 1160. The molecule has 3 aromatic rings. The highest BCUT2D eigenvalue weighted by Gasteiger charge is 2.41. The van der Waals surface area contributed by atoms with Crippen molar-refractivity contribution in [2.45, 2.75) is 12.1 Å². The molecule has 0 aliphatic carbocycles. The zero-order valence-electron chi connectivity index (χ0n) is 18.6. The van der Waals surface area contributed by atoms with E-state index in [1.165, 1.54) is 0 Å². The van der Waals surface area contributed by atoms with Gasteiger partial charge in [0.25, 0.3) is 0 Å². The van der Waals surface area contributed by atoms with Crippen molar-refractivity contribution in [3.05, 3.63) is 77.8 Å². The third-order valence-electron chi connectivity index (χ3n) is 6.27. The van der Waals surface area contributed by atoms with Gasteiger partial charge in [0.2, 0.25) is 0 Å². The number of carbonyl (C=O) groups is 1. The number of pyridine rings is 1. The zero-order valence-corrected chi connectivity index (χ0v) is 19.4. The summed E-state index contributed by atoms with van der Waals surface area (Å²) in [5, 5.41) is 13.5. The Morgan fingerprint density at radius 1 is 1.12 bits per heavy atom. The number of aromatic nitrogens is 1. The maximum Gasteiger partial charge on any atom is 0.335 e. The number of hydrogen-bond acceptors (Lipinski definition) is 6. The summed E-state index contributed by atoms with van der Waals surface area (Å²) < 4.78 is 11.8. The molecule has 4 heterocycles. The molecule has 2 aliphatic heterocycles. The standard InChI is InChI=1S/C25H26N4O4S/c30-24(31)18-5-3-4-17(16-18)20-7-8-21(33-20)23-22(19-6-1-2-9-26-19)27-25(34)29(23)11-10-28-12-14-32-15-13-28/h1-9,16,22-23H,10-15H2,(H,27,34)(H,30,31)/t22-,23+/m1/s1. The van der Waals surface area contributed by atoms with Crippen molar-refractivity contribution >= 4 is 23.3 Å². The molecular weight excluding hydrogens is 452 g/mol. The Kier molecular flexibility index (Phi) is 6.57. The van der Waals surface area contributed by atoms with Gasteiger partial charge in [0.1, 0.15) is 17.6 Å². The first-order valence-electron chi connectivity index (χ1n) is 11.3. The molecule has 0 unspecified atom stereocenters. The van der Waals surface area contributed by atoms with Crippen LogP contribution in [0.25, 0.3) is 11.3 Å². The zero-order chi connectivity index (χ0) is 23.5. The Hall–Kier alpha value is -3.27. The number of nitrogens with one attached hydrogen (secondary N) is 1. The van der Waals surface area contributed by atoms with Crippen LogP contribution in [0.2, 0.25) is 0 Å². The monoisotopic (exact) mass is 478 g/mol. The van der Waals surface area contributed by atoms with Crippen molar-refractivity contribution in [1.82, 2.24) is 20.1 Å². The van der Waals surface area contributed by atoms with Gasteiger partial charge in [-0.3, -0.25) is 9.88 Å². The van der Waals surface area contributed by atoms with Gasteiger partial charge in [0.15, 0.2) is 5.11 Å². The van der Waals surface area contributed by atoms with Crippen LogP contribution in [0.1, 0.15) is 33.9 Å². The van der Waals surface area contributed by atoms with Crippen molar-refractivity contribution < 1.29 is 19.1 Å². The van der Waals surface area contributed by atoms with E-state index in [0.717, 1.165) is 50.8 Å². The maximum absolute atomic E-state index is 11.4. The number of nitrogens with zero attached hydrogens (tertiary/aromatic N) is 3. The number of hydrogen-bond donors (Lipinski definition) is 2. The van der Waals surface area contributed by atoms with Crippen molar-refractivity contribution in [3.63, 3.8) is 0 Å². The predicted molar refractivity (Wildman–Crippen MR) is 131 cm³/mol. The van der Waals surface area contributed by atoms with E-state index in [1.807, 2.05) is 36.4 Å². The van der Waals surface area contributed by atoms with Crippen molar-refractivity contribution in [3.8, 4) is 11.3 Å². The van der Waals surface area contributed by atoms with E-state index < -0.39 is 5.97 Å². The Balaban J connectivity index is 1.45. The predicted octanol–water partition coefficient (Wildman–Crippen LogP) is 3.34. The molecule has 2 fully saturated rings. The van der Waals surface area contributed by atoms with Crippen LogP contribution in [-0.2, 0) is 4.74 Å². The molecule has 8 nitrogen and oxygen atoms in total. The van der Waals surface area contributed by atoms with Crippen LogP contribution in [0, 0.1) is 0 Å². The highest BCUT2D eigenvalue weighted by Crippen LogP contribution is 2.40. The number of carboxylic acids is 1. The fraction of sp³-hybridized carbons (Fsp3) is 0.320. The SMILES string of the molecule is O=C(O)c1cccc(-c2ccc([C@H]3[C@@H](c4ccccn4)NC(=S)N3CCN3CCOCC3)o2)c1. The molecule has 5 rings (SSSR count). The number of rotatable bonds is 7. The smallest absolute Gasteiger partial charge is 0.335 e. The largest absolute Gasteiger partial charge is 0.478 e. The van der Waals surface area contributed by atoms with Crippen LogP contribution in [-0.4, -0.2) is 70.4 Å². The van der Waals surface area contributed by atoms with E-state index in [2.05, 4.69) is 20.1 Å². The van der Waals surface area contributed by atoms with Crippen LogP contribution in [0.4, 0.5) is 0 Å². The summed E-state index contributed by atoms with van der Waals surface area (Å²) in [5.41, 5.74) is 1.82. The first-order chi connectivity index (χ1) is 16.6. The second-order valence-corrected chi connectivity index (χ2v) is 8.75. The lowest BCUT2D eigenvalue weighted by Crippen LogP contribution is -2.42. The minimum absolute atomic E-state index is 0.164. The third-order valence-corrected chi connectivity index (χ3v) is 6.62. The van der Waals surface area contributed by atoms with Crippen molar-refractivity contribution in [2.75, 3.05) is 39.4 Å². The van der Waals surface area contributed by atoms with Crippen molar-refractivity contribution in [2.24, 2.45) is 0 Å². The molecule has 2 aromatic heterocycles. The highest BCUT2D eigenvalue weighted by atomic mass is 32.1. The quantitative estimate of drug-likeness (QED) is 0.496. The summed E-state index contributed by atoms with van der Waals surface area (Å²) in [7, 11) is 0. The lowest BCUT2D eigenvalue weighted by atomic mass is 10.0. The third kappa shape index (κ3) is 4.68. The molecule has 0 spiro atoms. The highest BCUT2D eigenvalue weighted by molar-refractivity contribution is 7.80. The van der Waals surface area contributed by atoms with Crippen molar-refractivity contribution in [1.29, 1.82) is 0 Å². The molecule has 2 N–H and O–H groups in total. The van der Waals surface area contributed by atoms with E-state index in [9.17, 15) is 9.90 Å². The van der Waals surface area contributed by atoms with Crippen LogP contribution >= 0.6 is 12.2 Å². The summed E-state index contributed by atoms with van der Waals surface area (Å²) in [4.78, 5) is 20.5. The van der Waals surface area contributed by atoms with Gasteiger partial charge in [0, 0.05) is 37.9 Å². The van der Waals surface area contributed by atoms with E-state index in [1.54, 1.807) is 24.4 Å². The average Bonchev–Trinajstić information content (AvgIpc) is 3.48. The molecule has 2 aliphatic rings. The minimum Gasteiger partial charge on any atom is -0.478 e. The van der Waals surface area contributed by atoms with E-state index in [-0.39, 0.29) is 17.6 Å². The van der Waals surface area contributed by atoms with Crippen LogP contribution in [0.3, 0.4) is 0 Å². The van der Waals surface area contributed by atoms with E-state index in [4.69, 9.17) is 21.4 Å². The lowest BCUT2D eigenvalue weighted by Gasteiger charge is -2.31. The molecule has 176 valence electrons.